The van der Waals surface area contributed by atoms with Crippen LogP contribution in [0.4, 0.5) is 5.82 Å². The van der Waals surface area contributed by atoms with Crippen molar-refractivity contribution in [2.75, 3.05) is 26.0 Å². The summed E-state index contributed by atoms with van der Waals surface area (Å²) in [6.45, 7) is 3.01. The fourth-order valence-corrected chi connectivity index (χ4v) is 2.54. The number of aromatic nitrogens is 2. The molecule has 1 saturated carbocycles. The Labute approximate surface area is 120 Å². The van der Waals surface area contributed by atoms with Crippen molar-refractivity contribution in [2.24, 2.45) is 5.73 Å². The number of anilines is 1. The van der Waals surface area contributed by atoms with Crippen LogP contribution in [0.1, 0.15) is 32.6 Å². The summed E-state index contributed by atoms with van der Waals surface area (Å²) >= 11 is 0. The highest BCUT2D eigenvalue weighted by Gasteiger charge is 2.44. The summed E-state index contributed by atoms with van der Waals surface area (Å²) in [4.78, 5) is 18.3. The topological polar surface area (TPSA) is 76.2 Å². The van der Waals surface area contributed by atoms with Crippen molar-refractivity contribution in [1.82, 2.24) is 14.5 Å². The van der Waals surface area contributed by atoms with Crippen molar-refractivity contribution in [1.29, 1.82) is 0 Å². The van der Waals surface area contributed by atoms with Gasteiger partial charge in [0.15, 0.2) is 5.82 Å². The minimum Gasteiger partial charge on any atom is -0.328 e. The number of amides is 1. The summed E-state index contributed by atoms with van der Waals surface area (Å²) in [7, 11) is 4.15. The molecule has 0 saturated heterocycles. The first kappa shape index (κ1) is 15.0. The van der Waals surface area contributed by atoms with Crippen LogP contribution in [0.15, 0.2) is 12.5 Å². The molecule has 1 fully saturated rings. The monoisotopic (exact) mass is 279 g/mol. The van der Waals surface area contributed by atoms with Crippen LogP contribution in [-0.2, 0) is 10.3 Å². The molecule has 2 rings (SSSR count). The summed E-state index contributed by atoms with van der Waals surface area (Å²) in [5, 5.41) is 2.79. The number of rotatable bonds is 7. The van der Waals surface area contributed by atoms with E-state index < -0.39 is 6.04 Å². The Morgan fingerprint density at radius 3 is 2.85 bits per heavy atom. The average molecular weight is 279 g/mol. The Hall–Kier alpha value is -1.40. The second kappa shape index (κ2) is 5.93. The van der Waals surface area contributed by atoms with E-state index in [-0.39, 0.29) is 11.4 Å². The number of hydrogen-bond donors (Lipinski definition) is 2. The van der Waals surface area contributed by atoms with Crippen LogP contribution < -0.4 is 11.1 Å². The molecule has 20 heavy (non-hydrogen) atoms. The van der Waals surface area contributed by atoms with Gasteiger partial charge in [0, 0.05) is 12.7 Å². The highest BCUT2D eigenvalue weighted by Crippen LogP contribution is 2.44. The zero-order valence-electron chi connectivity index (χ0n) is 12.6. The number of imidazole rings is 1. The van der Waals surface area contributed by atoms with Crippen molar-refractivity contribution >= 4 is 11.7 Å². The van der Waals surface area contributed by atoms with Gasteiger partial charge in [0.1, 0.15) is 0 Å². The second-order valence-electron chi connectivity index (χ2n) is 6.01. The van der Waals surface area contributed by atoms with Crippen LogP contribution >= 0.6 is 0 Å². The lowest BCUT2D eigenvalue weighted by molar-refractivity contribution is -0.117. The number of hydrogen-bond acceptors (Lipinski definition) is 4. The quantitative estimate of drug-likeness (QED) is 0.780. The van der Waals surface area contributed by atoms with Crippen LogP contribution in [-0.4, -0.2) is 47.0 Å². The molecule has 1 aliphatic carbocycles. The average Bonchev–Trinajstić information content (AvgIpc) is 2.98. The van der Waals surface area contributed by atoms with Crippen LogP contribution in [0.2, 0.25) is 0 Å². The molecule has 1 heterocycles. The Bertz CT molecular complexity index is 464. The van der Waals surface area contributed by atoms with Gasteiger partial charge < -0.3 is 20.5 Å². The van der Waals surface area contributed by atoms with Crippen molar-refractivity contribution in [3.63, 3.8) is 0 Å². The van der Waals surface area contributed by atoms with Gasteiger partial charge in [0.25, 0.3) is 0 Å². The van der Waals surface area contributed by atoms with E-state index in [1.165, 1.54) is 0 Å². The molecule has 1 aliphatic rings. The van der Waals surface area contributed by atoms with E-state index in [1.54, 1.807) is 6.33 Å². The van der Waals surface area contributed by atoms with E-state index in [2.05, 4.69) is 33.9 Å². The van der Waals surface area contributed by atoms with Gasteiger partial charge >= 0.3 is 0 Å². The van der Waals surface area contributed by atoms with E-state index >= 15 is 0 Å². The van der Waals surface area contributed by atoms with Gasteiger partial charge in [-0.25, -0.2) is 4.98 Å². The van der Waals surface area contributed by atoms with E-state index in [0.29, 0.717) is 12.2 Å². The van der Waals surface area contributed by atoms with Crippen LogP contribution in [0.3, 0.4) is 0 Å². The molecule has 0 radical (unpaired) electrons. The molecule has 1 aromatic rings. The number of nitrogens with one attached hydrogen (secondary N) is 1. The number of nitrogens with zero attached hydrogens (tertiary/aromatic N) is 3. The predicted molar refractivity (Wildman–Crippen MR) is 79.5 cm³/mol. The van der Waals surface area contributed by atoms with Gasteiger partial charge in [-0.05, 0) is 33.4 Å². The molecule has 112 valence electrons. The summed E-state index contributed by atoms with van der Waals surface area (Å²) in [5.74, 6) is 0.432. The van der Waals surface area contributed by atoms with Gasteiger partial charge in [-0.15, -0.1) is 0 Å². The molecule has 1 atom stereocenters. The van der Waals surface area contributed by atoms with Gasteiger partial charge in [-0.2, -0.15) is 0 Å². The third-order valence-electron chi connectivity index (χ3n) is 3.76. The van der Waals surface area contributed by atoms with Gasteiger partial charge in [-0.3, -0.25) is 4.79 Å². The molecule has 0 aliphatic heterocycles. The van der Waals surface area contributed by atoms with E-state index in [9.17, 15) is 4.79 Å². The van der Waals surface area contributed by atoms with Gasteiger partial charge in [0.2, 0.25) is 5.91 Å². The number of likely N-dealkylation sites (N-methyl/N-ethyl adjacent to an activating group) is 1. The first-order valence-corrected chi connectivity index (χ1v) is 7.22. The molecule has 6 nitrogen and oxygen atoms in total. The molecular formula is C14H25N5O. The van der Waals surface area contributed by atoms with E-state index in [4.69, 9.17) is 5.73 Å². The molecule has 0 aromatic carbocycles. The summed E-state index contributed by atoms with van der Waals surface area (Å²) in [6.07, 6.45) is 7.62. The standard InChI is InChI=1S/C14H25N5O/c1-4-5-11(15)13(20)17-12-8-19(10-16-12)14(6-7-14)9-18(2)3/h8,10-11H,4-7,9,15H2,1-3H3,(H,17,20)/t11-/m0/s1. The zero-order valence-corrected chi connectivity index (χ0v) is 12.6. The SMILES string of the molecule is CCC[C@H](N)C(=O)Nc1cn(C2(CN(C)C)CC2)cn1. The number of nitrogens with two attached hydrogens (primary N) is 1. The second-order valence-corrected chi connectivity index (χ2v) is 6.01. The number of carbonyl (C=O) groups excluding carboxylic acids is 1. The molecule has 3 N–H and O–H groups in total. The fraction of sp³-hybridized carbons (Fsp3) is 0.714. The lowest BCUT2D eigenvalue weighted by atomic mass is 10.2. The smallest absolute Gasteiger partial charge is 0.242 e. The third-order valence-corrected chi connectivity index (χ3v) is 3.76. The van der Waals surface area contributed by atoms with Crippen molar-refractivity contribution in [3.8, 4) is 0 Å². The molecular weight excluding hydrogens is 254 g/mol. The number of carbonyl (C=O) groups is 1. The zero-order chi connectivity index (χ0) is 14.8. The normalized spacial score (nSPS) is 18.1. The van der Waals surface area contributed by atoms with Crippen LogP contribution in [0, 0.1) is 0 Å². The van der Waals surface area contributed by atoms with Crippen LogP contribution in [0.5, 0.6) is 0 Å². The first-order chi connectivity index (χ1) is 9.47. The van der Waals surface area contributed by atoms with Crippen molar-refractivity contribution < 1.29 is 4.79 Å². The highest BCUT2D eigenvalue weighted by molar-refractivity contribution is 5.93. The van der Waals surface area contributed by atoms with Crippen LogP contribution in [0.25, 0.3) is 0 Å². The molecule has 1 aromatic heterocycles. The summed E-state index contributed by atoms with van der Waals surface area (Å²) in [5.41, 5.74) is 5.95. The largest absolute Gasteiger partial charge is 0.328 e. The molecule has 6 heteroatoms. The fourth-order valence-electron chi connectivity index (χ4n) is 2.54. The first-order valence-electron chi connectivity index (χ1n) is 7.22. The molecule has 0 unspecified atom stereocenters. The van der Waals surface area contributed by atoms with Gasteiger partial charge in [-0.1, -0.05) is 13.3 Å². The lowest BCUT2D eigenvalue weighted by Crippen LogP contribution is -2.35. The minimum absolute atomic E-state index is 0.158. The van der Waals surface area contributed by atoms with Crippen molar-refractivity contribution in [2.45, 2.75) is 44.2 Å². The minimum atomic E-state index is -0.457. The van der Waals surface area contributed by atoms with Gasteiger partial charge in [0.05, 0.1) is 17.9 Å². The maximum Gasteiger partial charge on any atom is 0.242 e. The van der Waals surface area contributed by atoms with Crippen molar-refractivity contribution in [3.05, 3.63) is 12.5 Å². The van der Waals surface area contributed by atoms with E-state index in [0.717, 1.165) is 25.8 Å². The summed E-state index contributed by atoms with van der Waals surface area (Å²) in [6, 6.07) is -0.457. The highest BCUT2D eigenvalue weighted by atomic mass is 16.2. The summed E-state index contributed by atoms with van der Waals surface area (Å²) < 4.78 is 2.12. The Morgan fingerprint density at radius 2 is 2.30 bits per heavy atom. The Kier molecular flexibility index (Phi) is 4.45. The predicted octanol–water partition coefficient (Wildman–Crippen LogP) is 1.000. The Morgan fingerprint density at radius 1 is 1.60 bits per heavy atom. The Balaban J connectivity index is 1.98. The maximum absolute atomic E-state index is 11.9. The molecule has 0 spiro atoms. The maximum atomic E-state index is 11.9. The lowest BCUT2D eigenvalue weighted by Gasteiger charge is -2.21. The van der Waals surface area contributed by atoms with E-state index in [1.807, 2.05) is 13.1 Å². The molecule has 0 bridgehead atoms. The third kappa shape index (κ3) is 3.37. The molecule has 1 amide bonds.